The molecule has 3 fully saturated rings. The van der Waals surface area contributed by atoms with E-state index in [0.717, 1.165) is 49.9 Å². The Kier molecular flexibility index (Phi) is 12.0. The Morgan fingerprint density at radius 2 is 1.48 bits per heavy atom. The summed E-state index contributed by atoms with van der Waals surface area (Å²) in [5.74, 6) is -4.01. The third-order valence-corrected chi connectivity index (χ3v) is 9.63. The van der Waals surface area contributed by atoms with Crippen molar-refractivity contribution in [2.24, 2.45) is 5.92 Å². The number of piperidine rings is 1. The predicted octanol–water partition coefficient (Wildman–Crippen LogP) is 8.21. The number of hydrogen-bond donors (Lipinski definition) is 2. The second kappa shape index (κ2) is 16.0. The Labute approximate surface area is 296 Å². The van der Waals surface area contributed by atoms with Crippen molar-refractivity contribution in [3.8, 4) is 5.75 Å². The molecule has 0 aromatic heterocycles. The fourth-order valence-electron chi connectivity index (χ4n) is 6.56. The van der Waals surface area contributed by atoms with E-state index in [9.17, 15) is 27.9 Å². The van der Waals surface area contributed by atoms with Crippen molar-refractivity contribution in [2.75, 3.05) is 26.2 Å². The molecule has 268 valence electrons. The van der Waals surface area contributed by atoms with E-state index in [1.807, 2.05) is 30.3 Å². The highest BCUT2D eigenvalue weighted by Gasteiger charge is 2.39. The van der Waals surface area contributed by atoms with Crippen molar-refractivity contribution in [3.63, 3.8) is 0 Å². The molecule has 1 amide bonds. The zero-order valence-corrected chi connectivity index (χ0v) is 28.4. The molecule has 14 heteroatoms. The number of alkyl halides is 3. The number of carbonyl (C=O) groups is 3. The predicted molar refractivity (Wildman–Crippen MR) is 178 cm³/mol. The van der Waals surface area contributed by atoms with Gasteiger partial charge in [-0.3, -0.25) is 9.69 Å². The molecule has 1 saturated carbocycles. The summed E-state index contributed by atoms with van der Waals surface area (Å²) in [4.78, 5) is 37.4. The summed E-state index contributed by atoms with van der Waals surface area (Å²) in [6, 6.07) is 18.1. The van der Waals surface area contributed by atoms with Crippen molar-refractivity contribution < 1.29 is 46.9 Å². The van der Waals surface area contributed by atoms with Crippen LogP contribution in [0.15, 0.2) is 60.7 Å². The number of aliphatic carboxylic acids is 2. The summed E-state index contributed by atoms with van der Waals surface area (Å²) in [5, 5.41) is 17.9. The van der Waals surface area contributed by atoms with Gasteiger partial charge in [0.25, 0.3) is 5.91 Å². The second-order valence-electron chi connectivity index (χ2n) is 12.7. The van der Waals surface area contributed by atoms with Crippen LogP contribution in [0.25, 0.3) is 0 Å². The van der Waals surface area contributed by atoms with E-state index >= 15 is 4.39 Å². The van der Waals surface area contributed by atoms with Gasteiger partial charge in [0.1, 0.15) is 17.6 Å². The summed E-state index contributed by atoms with van der Waals surface area (Å²) in [6.45, 7) is 2.50. The molecule has 2 heterocycles. The minimum atomic E-state index is -5.08. The number of carbonyl (C=O) groups excluding carboxylic acids is 1. The Bertz CT molecular complexity index is 1680. The van der Waals surface area contributed by atoms with Crippen molar-refractivity contribution in [2.45, 2.75) is 62.7 Å². The normalized spacial score (nSPS) is 19.0. The molecule has 3 aromatic rings. The fraction of sp³-hybridized carbons (Fsp3) is 0.417. The van der Waals surface area contributed by atoms with Gasteiger partial charge >= 0.3 is 18.1 Å². The van der Waals surface area contributed by atoms with Crippen LogP contribution in [0.2, 0.25) is 10.0 Å². The van der Waals surface area contributed by atoms with Gasteiger partial charge in [-0.05, 0) is 104 Å². The van der Waals surface area contributed by atoms with Gasteiger partial charge in [0.15, 0.2) is 0 Å². The molecule has 0 spiro atoms. The van der Waals surface area contributed by atoms with Crippen molar-refractivity contribution in [1.82, 2.24) is 9.80 Å². The first kappa shape index (κ1) is 37.4. The van der Waals surface area contributed by atoms with Gasteiger partial charge in [-0.2, -0.15) is 13.2 Å². The number of carboxylic acids is 2. The van der Waals surface area contributed by atoms with Crippen LogP contribution in [0.1, 0.15) is 77.5 Å². The van der Waals surface area contributed by atoms with E-state index < -0.39 is 35.9 Å². The largest absolute Gasteiger partial charge is 0.493 e. The second-order valence-corrected chi connectivity index (χ2v) is 13.6. The minimum Gasteiger partial charge on any atom is -0.493 e. The molecule has 50 heavy (non-hydrogen) atoms. The van der Waals surface area contributed by atoms with Crippen LogP contribution >= 0.6 is 23.2 Å². The van der Waals surface area contributed by atoms with Gasteiger partial charge in [-0.1, -0.05) is 53.5 Å². The average Bonchev–Trinajstić information content (AvgIpc) is 3.78. The van der Waals surface area contributed by atoms with Gasteiger partial charge in [-0.25, -0.2) is 14.0 Å². The van der Waals surface area contributed by atoms with Crippen LogP contribution < -0.4 is 4.74 Å². The lowest BCUT2D eigenvalue weighted by atomic mass is 9.91. The summed E-state index contributed by atoms with van der Waals surface area (Å²) >= 11 is 12.8. The van der Waals surface area contributed by atoms with Crippen LogP contribution in [0.4, 0.5) is 17.6 Å². The van der Waals surface area contributed by atoms with E-state index in [1.54, 1.807) is 12.1 Å². The lowest BCUT2D eigenvalue weighted by Gasteiger charge is -2.38. The molecule has 2 N–H and O–H groups in total. The van der Waals surface area contributed by atoms with Crippen molar-refractivity contribution in [1.29, 1.82) is 0 Å². The molecular weight excluding hydrogens is 703 g/mol. The number of amides is 1. The first-order valence-electron chi connectivity index (χ1n) is 16.3. The molecule has 2 saturated heterocycles. The molecule has 0 bridgehead atoms. The Morgan fingerprint density at radius 3 is 2.04 bits per heavy atom. The maximum atomic E-state index is 15.3. The number of hydrogen-bond acceptors (Lipinski definition) is 5. The van der Waals surface area contributed by atoms with Crippen LogP contribution in [0.5, 0.6) is 5.75 Å². The monoisotopic (exact) mass is 738 g/mol. The number of nitrogens with zero attached hydrogens (tertiary/aromatic N) is 2. The Morgan fingerprint density at radius 1 is 0.860 bits per heavy atom. The number of carboxylic acid groups (broad SMARTS) is 2. The van der Waals surface area contributed by atoms with E-state index in [2.05, 4.69) is 17.0 Å². The standard InChI is InChI=1S/C34H35Cl2FN2O4.C2HF3O2/c35-25-15-24(16-26(36)17-25)32(23-5-2-1-3-6-23)38-13-10-21(11-14-38)20-43-31-19-29(37)28(18-27(31)22-8-9-22)33(40)39-12-4-7-30(39)34(41)42;3-2(4,5)1(6)7/h1-3,5-6,15-19,21-22,30,32H,4,7-14,20H2,(H,41,42);(H,6,7)/t30-,32?;/m0./s1. The first-order valence-corrected chi connectivity index (χ1v) is 17.0. The van der Waals surface area contributed by atoms with E-state index in [0.29, 0.717) is 47.7 Å². The van der Waals surface area contributed by atoms with Gasteiger partial charge in [-0.15, -0.1) is 0 Å². The van der Waals surface area contributed by atoms with Gasteiger partial charge in [0.05, 0.1) is 18.2 Å². The Hall–Kier alpha value is -3.87. The van der Waals surface area contributed by atoms with Crippen LogP contribution in [-0.4, -0.2) is 76.3 Å². The molecule has 2 atom stereocenters. The van der Waals surface area contributed by atoms with Crippen molar-refractivity contribution >= 4 is 41.0 Å². The number of benzene rings is 3. The SMILES string of the molecule is O=C(O)C(F)(F)F.O=C(O)[C@@H]1CCCN1C(=O)c1cc(C2CC2)c(OCC2CCN(C(c3ccccc3)c3cc(Cl)cc(Cl)c3)CC2)cc1F. The average molecular weight is 740 g/mol. The number of rotatable bonds is 9. The molecule has 6 rings (SSSR count). The lowest BCUT2D eigenvalue weighted by Crippen LogP contribution is -2.40. The zero-order valence-electron chi connectivity index (χ0n) is 26.8. The lowest BCUT2D eigenvalue weighted by molar-refractivity contribution is -0.192. The molecule has 8 nitrogen and oxygen atoms in total. The molecule has 2 aliphatic heterocycles. The van der Waals surface area contributed by atoms with Crippen molar-refractivity contribution in [3.05, 3.63) is 98.8 Å². The van der Waals surface area contributed by atoms with Gasteiger partial charge < -0.3 is 19.8 Å². The molecule has 0 radical (unpaired) electrons. The molecule has 3 aliphatic rings. The fourth-order valence-corrected chi connectivity index (χ4v) is 7.11. The van der Waals surface area contributed by atoms with Crippen LogP contribution in [-0.2, 0) is 9.59 Å². The number of likely N-dealkylation sites (tertiary alicyclic amines) is 2. The molecular formula is C36H36Cl2F4N2O6. The maximum Gasteiger partial charge on any atom is 0.490 e. The van der Waals surface area contributed by atoms with E-state index in [4.69, 9.17) is 37.8 Å². The summed E-state index contributed by atoms with van der Waals surface area (Å²) in [5.41, 5.74) is 3.01. The van der Waals surface area contributed by atoms with Gasteiger partial charge in [0, 0.05) is 22.7 Å². The third kappa shape index (κ3) is 9.26. The summed E-state index contributed by atoms with van der Waals surface area (Å²) in [6.07, 6.45) is -0.342. The number of halogens is 6. The molecule has 3 aromatic carbocycles. The van der Waals surface area contributed by atoms with Crippen LogP contribution in [0, 0.1) is 11.7 Å². The smallest absolute Gasteiger partial charge is 0.490 e. The van der Waals surface area contributed by atoms with Crippen LogP contribution in [0.3, 0.4) is 0 Å². The quantitative estimate of drug-likeness (QED) is 0.213. The highest BCUT2D eigenvalue weighted by atomic mass is 35.5. The number of ether oxygens (including phenoxy) is 1. The maximum absolute atomic E-state index is 15.3. The minimum absolute atomic E-state index is 0.0243. The summed E-state index contributed by atoms with van der Waals surface area (Å²) < 4.78 is 53.3. The topological polar surface area (TPSA) is 107 Å². The summed E-state index contributed by atoms with van der Waals surface area (Å²) in [7, 11) is 0. The molecule has 1 aliphatic carbocycles. The highest BCUT2D eigenvalue weighted by Crippen LogP contribution is 2.46. The van der Waals surface area contributed by atoms with Gasteiger partial charge in [0.2, 0.25) is 0 Å². The third-order valence-electron chi connectivity index (χ3n) is 9.19. The van der Waals surface area contributed by atoms with E-state index in [1.165, 1.54) is 16.5 Å². The first-order chi connectivity index (χ1) is 23.7. The zero-order chi connectivity index (χ0) is 36.2. The molecule has 1 unspecified atom stereocenters. The highest BCUT2D eigenvalue weighted by molar-refractivity contribution is 6.34. The van der Waals surface area contributed by atoms with E-state index in [-0.39, 0.29) is 17.5 Å². The Balaban J connectivity index is 0.000000630.